The highest BCUT2D eigenvalue weighted by molar-refractivity contribution is 6.30. The molecule has 2 atom stereocenters. The summed E-state index contributed by atoms with van der Waals surface area (Å²) >= 11 is 5.91. The normalized spacial score (nSPS) is 22.3. The van der Waals surface area contributed by atoms with Crippen LogP contribution in [0, 0.1) is 0 Å². The average molecular weight is 331 g/mol. The molecule has 0 spiro atoms. The van der Waals surface area contributed by atoms with Gasteiger partial charge >= 0.3 is 0 Å². The fourth-order valence-corrected chi connectivity index (χ4v) is 2.71. The maximum atomic E-state index is 12.6. The lowest BCUT2D eigenvalue weighted by molar-refractivity contribution is -0.126. The van der Waals surface area contributed by atoms with Crippen LogP contribution in [0.15, 0.2) is 24.3 Å². The number of piperidine rings is 1. The average Bonchev–Trinajstić information content (AvgIpc) is 2.41. The first kappa shape index (κ1) is 18.3. The molecule has 0 aromatic heterocycles. The number of halogens is 2. The van der Waals surface area contributed by atoms with Gasteiger partial charge in [-0.3, -0.25) is 4.79 Å². The van der Waals surface area contributed by atoms with Crippen molar-refractivity contribution in [3.8, 4) is 0 Å². The second-order valence-electron chi connectivity index (χ2n) is 6.10. The third-order valence-corrected chi connectivity index (χ3v) is 4.46. The molecule has 3 nitrogen and oxygen atoms in total. The zero-order valence-electron chi connectivity index (χ0n) is 12.8. The van der Waals surface area contributed by atoms with E-state index in [0.29, 0.717) is 11.1 Å². The molecule has 21 heavy (non-hydrogen) atoms. The van der Waals surface area contributed by atoms with Crippen molar-refractivity contribution in [1.82, 2.24) is 10.6 Å². The summed E-state index contributed by atoms with van der Waals surface area (Å²) in [6, 6.07) is 8.04. The first-order valence-electron chi connectivity index (χ1n) is 7.21. The Morgan fingerprint density at radius 2 is 1.95 bits per heavy atom. The molecule has 1 saturated heterocycles. The Morgan fingerprint density at radius 3 is 2.52 bits per heavy atom. The molecule has 0 aliphatic carbocycles. The summed E-state index contributed by atoms with van der Waals surface area (Å²) in [6.45, 7) is 7.06. The van der Waals surface area contributed by atoms with Crippen LogP contribution in [0.5, 0.6) is 0 Å². The molecule has 2 N–H and O–H groups in total. The molecular formula is C16H24Cl2N2O. The zero-order valence-corrected chi connectivity index (χ0v) is 14.4. The lowest BCUT2D eigenvalue weighted by atomic mass is 9.83. The van der Waals surface area contributed by atoms with E-state index in [1.54, 1.807) is 0 Å². The van der Waals surface area contributed by atoms with Gasteiger partial charge in [-0.25, -0.2) is 0 Å². The minimum Gasteiger partial charge on any atom is -0.351 e. The van der Waals surface area contributed by atoms with Crippen LogP contribution < -0.4 is 10.6 Å². The summed E-state index contributed by atoms with van der Waals surface area (Å²) in [5.74, 6) is 0.0698. The van der Waals surface area contributed by atoms with Gasteiger partial charge in [0.2, 0.25) is 5.91 Å². The highest BCUT2D eigenvalue weighted by Crippen LogP contribution is 2.25. The van der Waals surface area contributed by atoms with Crippen LogP contribution in [-0.2, 0) is 10.2 Å². The fraction of sp³-hybridized carbons (Fsp3) is 0.562. The first-order valence-corrected chi connectivity index (χ1v) is 7.59. The number of carbonyl (C=O) groups excluding carboxylic acids is 1. The van der Waals surface area contributed by atoms with Crippen LogP contribution in [0.3, 0.4) is 0 Å². The molecule has 1 aromatic carbocycles. The summed E-state index contributed by atoms with van der Waals surface area (Å²) < 4.78 is 0. The molecule has 0 saturated carbocycles. The lowest BCUT2D eigenvalue weighted by Crippen LogP contribution is -2.55. The van der Waals surface area contributed by atoms with E-state index >= 15 is 0 Å². The molecule has 0 radical (unpaired) electrons. The Labute approximate surface area is 138 Å². The van der Waals surface area contributed by atoms with E-state index in [0.717, 1.165) is 24.9 Å². The Morgan fingerprint density at radius 1 is 1.33 bits per heavy atom. The highest BCUT2D eigenvalue weighted by atomic mass is 35.5. The molecule has 2 rings (SSSR count). The molecule has 5 heteroatoms. The quantitative estimate of drug-likeness (QED) is 0.892. The van der Waals surface area contributed by atoms with E-state index in [2.05, 4.69) is 17.6 Å². The Kier molecular flexibility index (Phi) is 6.51. The molecule has 1 aliphatic rings. The van der Waals surface area contributed by atoms with Gasteiger partial charge in [-0.05, 0) is 57.9 Å². The third-order valence-electron chi connectivity index (χ3n) is 4.21. The Balaban J connectivity index is 0.00000220. The van der Waals surface area contributed by atoms with Crippen LogP contribution in [0.1, 0.15) is 39.2 Å². The number of hydrogen-bond donors (Lipinski definition) is 2. The van der Waals surface area contributed by atoms with E-state index < -0.39 is 5.41 Å². The van der Waals surface area contributed by atoms with Crippen molar-refractivity contribution in [3.05, 3.63) is 34.9 Å². The van der Waals surface area contributed by atoms with E-state index in [9.17, 15) is 4.79 Å². The maximum absolute atomic E-state index is 12.6. The van der Waals surface area contributed by atoms with Crippen molar-refractivity contribution in [2.45, 2.75) is 51.1 Å². The zero-order chi connectivity index (χ0) is 14.8. The van der Waals surface area contributed by atoms with Gasteiger partial charge in [0.25, 0.3) is 0 Å². The van der Waals surface area contributed by atoms with Crippen molar-refractivity contribution in [1.29, 1.82) is 0 Å². The van der Waals surface area contributed by atoms with Crippen molar-refractivity contribution in [2.75, 3.05) is 6.54 Å². The summed E-state index contributed by atoms with van der Waals surface area (Å²) in [6.07, 6.45) is 2.15. The summed E-state index contributed by atoms with van der Waals surface area (Å²) in [5, 5.41) is 7.28. The predicted molar refractivity (Wildman–Crippen MR) is 90.4 cm³/mol. The minimum atomic E-state index is -0.554. The van der Waals surface area contributed by atoms with Crippen molar-refractivity contribution >= 4 is 29.9 Å². The molecular weight excluding hydrogens is 307 g/mol. The number of carbonyl (C=O) groups is 1. The minimum absolute atomic E-state index is 0. The highest BCUT2D eigenvalue weighted by Gasteiger charge is 2.32. The van der Waals surface area contributed by atoms with Crippen molar-refractivity contribution < 1.29 is 4.79 Å². The van der Waals surface area contributed by atoms with Gasteiger partial charge in [0.05, 0.1) is 5.41 Å². The monoisotopic (exact) mass is 330 g/mol. The summed E-state index contributed by atoms with van der Waals surface area (Å²) in [7, 11) is 0. The van der Waals surface area contributed by atoms with Crippen LogP contribution >= 0.6 is 24.0 Å². The van der Waals surface area contributed by atoms with Gasteiger partial charge in [-0.2, -0.15) is 0 Å². The van der Waals surface area contributed by atoms with E-state index in [-0.39, 0.29) is 24.4 Å². The number of amides is 1. The van der Waals surface area contributed by atoms with Gasteiger partial charge in [0.1, 0.15) is 0 Å². The molecule has 1 fully saturated rings. The molecule has 2 unspecified atom stereocenters. The summed E-state index contributed by atoms with van der Waals surface area (Å²) in [4.78, 5) is 12.6. The third kappa shape index (κ3) is 4.35. The summed E-state index contributed by atoms with van der Waals surface area (Å²) in [5.41, 5.74) is 0.428. The van der Waals surface area contributed by atoms with Crippen LogP contribution in [0.4, 0.5) is 0 Å². The van der Waals surface area contributed by atoms with E-state index in [1.165, 1.54) is 0 Å². The standard InChI is InChI=1S/C16H23ClN2O.ClH/c1-11-14(5-4-10-18-11)19-15(20)16(2,3)12-6-8-13(17)9-7-12;/h6-9,11,14,18H,4-5,10H2,1-3H3,(H,19,20);1H. The molecule has 0 bridgehead atoms. The van der Waals surface area contributed by atoms with Crippen molar-refractivity contribution in [2.24, 2.45) is 0 Å². The maximum Gasteiger partial charge on any atom is 0.230 e. The molecule has 1 aliphatic heterocycles. The van der Waals surface area contributed by atoms with Gasteiger partial charge in [0, 0.05) is 17.1 Å². The van der Waals surface area contributed by atoms with Gasteiger partial charge in [-0.1, -0.05) is 23.7 Å². The molecule has 118 valence electrons. The fourth-order valence-electron chi connectivity index (χ4n) is 2.59. The number of hydrogen-bond acceptors (Lipinski definition) is 2. The second-order valence-corrected chi connectivity index (χ2v) is 6.53. The first-order chi connectivity index (χ1) is 9.41. The molecule has 1 aromatic rings. The lowest BCUT2D eigenvalue weighted by Gasteiger charge is -2.34. The van der Waals surface area contributed by atoms with Crippen molar-refractivity contribution in [3.63, 3.8) is 0 Å². The van der Waals surface area contributed by atoms with E-state index in [1.807, 2.05) is 38.1 Å². The second kappa shape index (κ2) is 7.48. The number of rotatable bonds is 3. The topological polar surface area (TPSA) is 41.1 Å². The van der Waals surface area contributed by atoms with Crippen LogP contribution in [-0.4, -0.2) is 24.5 Å². The van der Waals surface area contributed by atoms with E-state index in [4.69, 9.17) is 11.6 Å². The molecule has 1 heterocycles. The number of benzene rings is 1. The van der Waals surface area contributed by atoms with Gasteiger partial charge in [0.15, 0.2) is 0 Å². The van der Waals surface area contributed by atoms with Gasteiger partial charge in [-0.15, -0.1) is 12.4 Å². The largest absolute Gasteiger partial charge is 0.351 e. The SMILES string of the molecule is CC1NCCCC1NC(=O)C(C)(C)c1ccc(Cl)cc1.Cl. The van der Waals surface area contributed by atoms with Crippen LogP contribution in [0.2, 0.25) is 5.02 Å². The predicted octanol–water partition coefficient (Wildman–Crippen LogP) is 3.30. The number of nitrogens with one attached hydrogen (secondary N) is 2. The Hall–Kier alpha value is -0.770. The smallest absolute Gasteiger partial charge is 0.230 e. The Bertz CT molecular complexity index is 474. The van der Waals surface area contributed by atoms with Crippen LogP contribution in [0.25, 0.3) is 0 Å². The molecule has 1 amide bonds. The van der Waals surface area contributed by atoms with Gasteiger partial charge < -0.3 is 10.6 Å².